The Balaban J connectivity index is 2.28. The van der Waals surface area contributed by atoms with Crippen LogP contribution in [0.3, 0.4) is 0 Å². The molecule has 4 N–H and O–H groups in total. The van der Waals surface area contributed by atoms with Crippen molar-refractivity contribution in [3.8, 4) is 0 Å². The van der Waals surface area contributed by atoms with Gasteiger partial charge in [-0.15, -0.1) is 0 Å². The molecule has 1 amide bonds. The molecule has 1 unspecified atom stereocenters. The van der Waals surface area contributed by atoms with Gasteiger partial charge in [-0.05, 0) is 30.7 Å². The summed E-state index contributed by atoms with van der Waals surface area (Å²) in [5.74, 6) is -1.30. The average Bonchev–Trinajstić information content (AvgIpc) is 2.47. The lowest BCUT2D eigenvalue weighted by Crippen LogP contribution is -2.46. The van der Waals surface area contributed by atoms with Crippen LogP contribution in [0.5, 0.6) is 0 Å². The molecule has 2 aromatic carbocycles. The molecule has 0 radical (unpaired) electrons. The maximum Gasteiger partial charge on any atom is 0.255 e. The minimum atomic E-state index is -0.994. The molecule has 0 saturated heterocycles. The summed E-state index contributed by atoms with van der Waals surface area (Å²) in [5.41, 5.74) is 5.34. The highest BCUT2D eigenvalue weighted by atomic mass is 19.1. The van der Waals surface area contributed by atoms with E-state index in [1.165, 1.54) is 12.1 Å². The standard InChI is InChI=1S/C16H17FN2O2/c1-16(10-20,11-5-3-2-4-6-11)19-15(21)13-8-7-12(18)9-14(13)17/h2-9,20H,10,18H2,1H3,(H,19,21). The zero-order chi connectivity index (χ0) is 15.5. The van der Waals surface area contributed by atoms with Gasteiger partial charge < -0.3 is 16.2 Å². The van der Waals surface area contributed by atoms with Gasteiger partial charge in [0.25, 0.3) is 5.91 Å². The quantitative estimate of drug-likeness (QED) is 0.754. The van der Waals surface area contributed by atoms with E-state index in [0.29, 0.717) is 0 Å². The number of benzene rings is 2. The summed E-state index contributed by atoms with van der Waals surface area (Å²) in [6.45, 7) is 1.37. The Morgan fingerprint density at radius 3 is 2.52 bits per heavy atom. The molecule has 2 aromatic rings. The molecule has 1 atom stereocenters. The number of aliphatic hydroxyl groups excluding tert-OH is 1. The van der Waals surface area contributed by atoms with Crippen LogP contribution in [0, 0.1) is 5.82 Å². The fourth-order valence-electron chi connectivity index (χ4n) is 2.04. The number of nitrogen functional groups attached to an aromatic ring is 1. The highest BCUT2D eigenvalue weighted by Crippen LogP contribution is 2.21. The van der Waals surface area contributed by atoms with Crippen LogP contribution in [0.4, 0.5) is 10.1 Å². The lowest BCUT2D eigenvalue weighted by atomic mass is 9.92. The summed E-state index contributed by atoms with van der Waals surface area (Å²) in [5, 5.41) is 12.3. The SMILES string of the molecule is CC(CO)(NC(=O)c1ccc(N)cc1F)c1ccccc1. The molecule has 21 heavy (non-hydrogen) atoms. The van der Waals surface area contributed by atoms with Crippen LogP contribution < -0.4 is 11.1 Å². The van der Waals surface area contributed by atoms with Gasteiger partial charge in [-0.25, -0.2) is 4.39 Å². The van der Waals surface area contributed by atoms with E-state index < -0.39 is 17.3 Å². The number of carbonyl (C=O) groups excluding carboxylic acids is 1. The van der Waals surface area contributed by atoms with Gasteiger partial charge in [-0.3, -0.25) is 4.79 Å². The van der Waals surface area contributed by atoms with Crippen LogP contribution in [0.15, 0.2) is 48.5 Å². The smallest absolute Gasteiger partial charge is 0.255 e. The number of halogens is 1. The van der Waals surface area contributed by atoms with E-state index in [0.717, 1.165) is 11.6 Å². The van der Waals surface area contributed by atoms with Gasteiger partial charge in [-0.1, -0.05) is 30.3 Å². The summed E-state index contributed by atoms with van der Waals surface area (Å²) in [6, 6.07) is 12.9. The van der Waals surface area contributed by atoms with Crippen molar-refractivity contribution in [2.24, 2.45) is 0 Å². The maximum absolute atomic E-state index is 13.8. The second-order valence-corrected chi connectivity index (χ2v) is 5.05. The molecule has 4 nitrogen and oxygen atoms in total. The zero-order valence-electron chi connectivity index (χ0n) is 11.6. The Labute approximate surface area is 122 Å². The Kier molecular flexibility index (Phi) is 4.23. The van der Waals surface area contributed by atoms with Gasteiger partial charge >= 0.3 is 0 Å². The average molecular weight is 288 g/mol. The van der Waals surface area contributed by atoms with Crippen molar-refractivity contribution in [3.63, 3.8) is 0 Å². The fraction of sp³-hybridized carbons (Fsp3) is 0.188. The number of nitrogens with one attached hydrogen (secondary N) is 1. The highest BCUT2D eigenvalue weighted by molar-refractivity contribution is 5.95. The van der Waals surface area contributed by atoms with Crippen molar-refractivity contribution in [1.29, 1.82) is 0 Å². The Morgan fingerprint density at radius 1 is 1.29 bits per heavy atom. The van der Waals surface area contributed by atoms with Gasteiger partial charge in [-0.2, -0.15) is 0 Å². The van der Waals surface area contributed by atoms with Gasteiger partial charge in [0.2, 0.25) is 0 Å². The molecule has 0 heterocycles. The number of amides is 1. The second kappa shape index (κ2) is 5.93. The minimum absolute atomic E-state index is 0.111. The van der Waals surface area contributed by atoms with Crippen LogP contribution in [-0.4, -0.2) is 17.6 Å². The molecule has 2 rings (SSSR count). The molecule has 0 bridgehead atoms. The normalized spacial score (nSPS) is 13.5. The first-order valence-corrected chi connectivity index (χ1v) is 6.50. The first-order chi connectivity index (χ1) is 9.96. The van der Waals surface area contributed by atoms with Crippen molar-refractivity contribution >= 4 is 11.6 Å². The molecule has 0 fully saturated rings. The molecule has 0 aromatic heterocycles. The molecule has 0 saturated carbocycles. The van der Waals surface area contributed by atoms with Crippen molar-refractivity contribution in [3.05, 3.63) is 65.5 Å². The molecular weight excluding hydrogens is 271 g/mol. The van der Waals surface area contributed by atoms with E-state index >= 15 is 0 Å². The largest absolute Gasteiger partial charge is 0.399 e. The van der Waals surface area contributed by atoms with Crippen LogP contribution in [-0.2, 0) is 5.54 Å². The van der Waals surface area contributed by atoms with E-state index in [-0.39, 0.29) is 17.9 Å². The summed E-state index contributed by atoms with van der Waals surface area (Å²) in [7, 11) is 0. The summed E-state index contributed by atoms with van der Waals surface area (Å²) >= 11 is 0. The molecule has 0 aliphatic rings. The lowest BCUT2D eigenvalue weighted by Gasteiger charge is -2.29. The number of nitrogens with two attached hydrogens (primary N) is 1. The van der Waals surface area contributed by atoms with E-state index in [1.807, 2.05) is 6.07 Å². The van der Waals surface area contributed by atoms with Gasteiger partial charge in [0.05, 0.1) is 17.7 Å². The number of hydrogen-bond donors (Lipinski definition) is 3. The van der Waals surface area contributed by atoms with Crippen molar-refractivity contribution in [2.75, 3.05) is 12.3 Å². The fourth-order valence-corrected chi connectivity index (χ4v) is 2.04. The summed E-state index contributed by atoms with van der Waals surface area (Å²) in [4.78, 5) is 12.2. The number of carbonyl (C=O) groups is 1. The van der Waals surface area contributed by atoms with Gasteiger partial charge in [0.1, 0.15) is 5.82 Å². The molecule has 0 spiro atoms. The number of rotatable bonds is 4. The Bertz CT molecular complexity index is 646. The van der Waals surface area contributed by atoms with Gasteiger partial charge in [0.15, 0.2) is 0 Å². The first kappa shape index (κ1) is 15.0. The third-order valence-corrected chi connectivity index (χ3v) is 3.35. The van der Waals surface area contributed by atoms with Crippen molar-refractivity contribution in [2.45, 2.75) is 12.5 Å². The second-order valence-electron chi connectivity index (χ2n) is 5.05. The Hall–Kier alpha value is -2.40. The third-order valence-electron chi connectivity index (χ3n) is 3.35. The van der Waals surface area contributed by atoms with Crippen LogP contribution in [0.1, 0.15) is 22.8 Å². The van der Waals surface area contributed by atoms with Crippen LogP contribution in [0.25, 0.3) is 0 Å². The predicted molar refractivity (Wildman–Crippen MR) is 79.2 cm³/mol. The van der Waals surface area contributed by atoms with Crippen LogP contribution in [0.2, 0.25) is 0 Å². The van der Waals surface area contributed by atoms with E-state index in [9.17, 15) is 14.3 Å². The summed E-state index contributed by atoms with van der Waals surface area (Å²) < 4.78 is 13.8. The molecule has 0 aliphatic carbocycles. The molecule has 0 aliphatic heterocycles. The third kappa shape index (κ3) is 3.20. The summed E-state index contributed by atoms with van der Waals surface area (Å²) in [6.07, 6.45) is 0. The van der Waals surface area contributed by atoms with E-state index in [4.69, 9.17) is 5.73 Å². The maximum atomic E-state index is 13.8. The highest BCUT2D eigenvalue weighted by Gasteiger charge is 2.29. The zero-order valence-corrected chi connectivity index (χ0v) is 11.6. The number of aliphatic hydroxyl groups is 1. The predicted octanol–water partition coefficient (Wildman–Crippen LogP) is 2.05. The van der Waals surface area contributed by atoms with Crippen molar-refractivity contribution < 1.29 is 14.3 Å². The number of hydrogen-bond acceptors (Lipinski definition) is 3. The van der Waals surface area contributed by atoms with Crippen LogP contribution >= 0.6 is 0 Å². The number of anilines is 1. The molecule has 5 heteroatoms. The van der Waals surface area contributed by atoms with Gasteiger partial charge in [0, 0.05) is 5.69 Å². The monoisotopic (exact) mass is 288 g/mol. The lowest BCUT2D eigenvalue weighted by molar-refractivity contribution is 0.0845. The first-order valence-electron chi connectivity index (χ1n) is 6.50. The van der Waals surface area contributed by atoms with Crippen molar-refractivity contribution in [1.82, 2.24) is 5.32 Å². The molecular formula is C16H17FN2O2. The topological polar surface area (TPSA) is 75.3 Å². The Morgan fingerprint density at radius 2 is 1.95 bits per heavy atom. The molecule has 110 valence electrons. The van der Waals surface area contributed by atoms with E-state index in [1.54, 1.807) is 31.2 Å². The minimum Gasteiger partial charge on any atom is -0.399 e. The van der Waals surface area contributed by atoms with E-state index in [2.05, 4.69) is 5.32 Å².